The quantitative estimate of drug-likeness (QED) is 0.245. The van der Waals surface area contributed by atoms with Crippen molar-refractivity contribution in [3.8, 4) is 17.2 Å². The van der Waals surface area contributed by atoms with Gasteiger partial charge in [0.15, 0.2) is 5.16 Å². The summed E-state index contributed by atoms with van der Waals surface area (Å²) in [6.45, 7) is 2.27. The van der Waals surface area contributed by atoms with E-state index < -0.39 is 0 Å². The van der Waals surface area contributed by atoms with Gasteiger partial charge in [-0.05, 0) is 55.0 Å². The Hall–Kier alpha value is -3.30. The van der Waals surface area contributed by atoms with Gasteiger partial charge in [-0.25, -0.2) is 4.98 Å². The maximum Gasteiger partial charge on any atom is 0.267 e. The highest BCUT2D eigenvalue weighted by molar-refractivity contribution is 7.98. The minimum Gasteiger partial charge on any atom is -0.338 e. The number of thioether (sulfide) groups is 1. The molecule has 1 aliphatic carbocycles. The third-order valence-electron chi connectivity index (χ3n) is 6.00. The van der Waals surface area contributed by atoms with Crippen molar-refractivity contribution in [3.05, 3.63) is 81.4 Å². The molecule has 0 spiro atoms. The second-order valence-electron chi connectivity index (χ2n) is 8.42. The first-order chi connectivity index (χ1) is 16.7. The molecule has 0 radical (unpaired) electrons. The number of fused-ring (bicyclic) bond motifs is 3. The Kier molecular flexibility index (Phi) is 5.50. The van der Waals surface area contributed by atoms with E-state index in [0.29, 0.717) is 34.2 Å². The average molecular weight is 488 g/mol. The maximum absolute atomic E-state index is 13.8. The lowest BCUT2D eigenvalue weighted by molar-refractivity contribution is 0.391. The zero-order valence-corrected chi connectivity index (χ0v) is 20.1. The summed E-state index contributed by atoms with van der Waals surface area (Å²) >= 11 is 3.08. The lowest BCUT2D eigenvalue weighted by Crippen LogP contribution is -2.22. The van der Waals surface area contributed by atoms with Crippen LogP contribution in [0, 0.1) is 5.92 Å². The summed E-state index contributed by atoms with van der Waals surface area (Å²) in [4.78, 5) is 29.6. The van der Waals surface area contributed by atoms with Crippen molar-refractivity contribution in [2.24, 2.45) is 5.92 Å². The van der Waals surface area contributed by atoms with Crippen LogP contribution >= 0.6 is 23.1 Å². The molecule has 1 atom stereocenters. The fraction of sp³-hybridized carbons (Fsp3) is 0.240. The Labute approximate surface area is 203 Å². The number of thiophene rings is 1. The van der Waals surface area contributed by atoms with E-state index in [1.807, 2.05) is 48.5 Å². The standard InChI is InChI=1S/C25H21N5O2S2/c1-15-10-11-17-19(13-15)34-23-21(17)24(31)30(16-7-3-2-4-8-16)25(28-23)33-14-20-27-22(29-32-20)18-9-5-6-12-26-18/h2-9,12,15H,10-11,13-14H2,1H3/t15-/m0/s1. The van der Waals surface area contributed by atoms with E-state index >= 15 is 0 Å². The van der Waals surface area contributed by atoms with Crippen molar-refractivity contribution in [2.75, 3.05) is 0 Å². The van der Waals surface area contributed by atoms with Crippen molar-refractivity contribution < 1.29 is 4.52 Å². The van der Waals surface area contributed by atoms with Crippen LogP contribution in [0.2, 0.25) is 0 Å². The van der Waals surface area contributed by atoms with E-state index in [9.17, 15) is 4.79 Å². The van der Waals surface area contributed by atoms with Gasteiger partial charge in [0.25, 0.3) is 5.56 Å². The van der Waals surface area contributed by atoms with Gasteiger partial charge in [-0.15, -0.1) is 11.3 Å². The number of rotatable bonds is 5. The smallest absolute Gasteiger partial charge is 0.267 e. The zero-order chi connectivity index (χ0) is 23.1. The Balaban J connectivity index is 1.40. The summed E-state index contributed by atoms with van der Waals surface area (Å²) in [5.41, 5.74) is 2.63. The first-order valence-electron chi connectivity index (χ1n) is 11.2. The predicted molar refractivity (Wildman–Crippen MR) is 133 cm³/mol. The van der Waals surface area contributed by atoms with Crippen LogP contribution in [0.3, 0.4) is 0 Å². The molecule has 1 aliphatic rings. The fourth-order valence-corrected chi connectivity index (χ4v) is 6.59. The molecule has 0 fully saturated rings. The van der Waals surface area contributed by atoms with E-state index in [1.165, 1.54) is 22.2 Å². The number of hydrogen-bond donors (Lipinski definition) is 0. The van der Waals surface area contributed by atoms with Gasteiger partial charge < -0.3 is 4.52 Å². The van der Waals surface area contributed by atoms with Crippen LogP contribution in [0.25, 0.3) is 27.4 Å². The summed E-state index contributed by atoms with van der Waals surface area (Å²) in [5.74, 6) is 1.93. The lowest BCUT2D eigenvalue weighted by Gasteiger charge is -2.17. The highest BCUT2D eigenvalue weighted by Crippen LogP contribution is 2.37. The second kappa shape index (κ2) is 8.81. The minimum atomic E-state index is -0.00884. The van der Waals surface area contributed by atoms with Gasteiger partial charge >= 0.3 is 0 Å². The summed E-state index contributed by atoms with van der Waals surface area (Å²) in [7, 11) is 0. The van der Waals surface area contributed by atoms with Crippen LogP contribution in [0.4, 0.5) is 0 Å². The number of nitrogens with zero attached hydrogens (tertiary/aromatic N) is 5. The molecule has 6 rings (SSSR count). The van der Waals surface area contributed by atoms with E-state index in [-0.39, 0.29) is 5.56 Å². The van der Waals surface area contributed by atoms with Crippen LogP contribution in [0.5, 0.6) is 0 Å². The number of hydrogen-bond acceptors (Lipinski definition) is 8. The van der Waals surface area contributed by atoms with E-state index in [0.717, 1.165) is 35.2 Å². The number of para-hydroxylation sites is 1. The predicted octanol–water partition coefficient (Wildman–Crippen LogP) is 5.31. The second-order valence-corrected chi connectivity index (χ2v) is 10.4. The van der Waals surface area contributed by atoms with Gasteiger partial charge in [-0.3, -0.25) is 14.3 Å². The third kappa shape index (κ3) is 3.84. The molecule has 4 heterocycles. The zero-order valence-electron chi connectivity index (χ0n) is 18.5. The number of aromatic nitrogens is 5. The Morgan fingerprint density at radius 2 is 2.00 bits per heavy atom. The van der Waals surface area contributed by atoms with Crippen molar-refractivity contribution in [1.82, 2.24) is 24.7 Å². The van der Waals surface area contributed by atoms with E-state index in [1.54, 1.807) is 22.1 Å². The first kappa shape index (κ1) is 21.2. The van der Waals surface area contributed by atoms with Gasteiger partial charge in [-0.2, -0.15) is 4.98 Å². The topological polar surface area (TPSA) is 86.7 Å². The molecule has 0 bridgehead atoms. The molecular formula is C25H21N5O2S2. The van der Waals surface area contributed by atoms with Crippen LogP contribution in [0.15, 0.2) is 69.2 Å². The number of benzene rings is 1. The largest absolute Gasteiger partial charge is 0.338 e. The summed E-state index contributed by atoms with van der Waals surface area (Å²) in [5, 5.41) is 5.44. The normalized spacial score (nSPS) is 15.5. The summed E-state index contributed by atoms with van der Waals surface area (Å²) in [6.07, 6.45) is 4.75. The molecule has 4 aromatic heterocycles. The molecule has 5 aromatic rings. The van der Waals surface area contributed by atoms with Crippen LogP contribution < -0.4 is 5.56 Å². The first-order valence-corrected chi connectivity index (χ1v) is 13.0. The molecule has 0 N–H and O–H groups in total. The Morgan fingerprint density at radius 3 is 2.82 bits per heavy atom. The molecule has 34 heavy (non-hydrogen) atoms. The van der Waals surface area contributed by atoms with Gasteiger partial charge in [0.2, 0.25) is 11.7 Å². The maximum atomic E-state index is 13.8. The Bertz CT molecular complexity index is 1530. The van der Waals surface area contributed by atoms with Crippen LogP contribution in [0.1, 0.15) is 29.7 Å². The molecule has 9 heteroatoms. The molecular weight excluding hydrogens is 466 g/mol. The van der Waals surface area contributed by atoms with E-state index in [4.69, 9.17) is 9.51 Å². The monoisotopic (exact) mass is 487 g/mol. The van der Waals surface area contributed by atoms with Crippen molar-refractivity contribution in [2.45, 2.75) is 37.1 Å². The fourth-order valence-electron chi connectivity index (χ4n) is 4.31. The molecule has 170 valence electrons. The van der Waals surface area contributed by atoms with Gasteiger partial charge in [-0.1, -0.05) is 48.1 Å². The van der Waals surface area contributed by atoms with Gasteiger partial charge in [0.1, 0.15) is 10.5 Å². The number of pyridine rings is 1. The Morgan fingerprint density at radius 1 is 1.15 bits per heavy atom. The average Bonchev–Trinajstić information content (AvgIpc) is 3.48. The molecule has 0 aliphatic heterocycles. The molecule has 0 unspecified atom stereocenters. The molecule has 7 nitrogen and oxygen atoms in total. The molecule has 0 saturated carbocycles. The van der Waals surface area contributed by atoms with Crippen molar-refractivity contribution in [1.29, 1.82) is 0 Å². The van der Waals surface area contributed by atoms with Crippen molar-refractivity contribution in [3.63, 3.8) is 0 Å². The van der Waals surface area contributed by atoms with Gasteiger partial charge in [0, 0.05) is 11.1 Å². The third-order valence-corrected chi connectivity index (χ3v) is 8.07. The minimum absolute atomic E-state index is 0.00884. The highest BCUT2D eigenvalue weighted by Gasteiger charge is 2.25. The van der Waals surface area contributed by atoms with Crippen LogP contribution in [-0.2, 0) is 18.6 Å². The summed E-state index contributed by atoms with van der Waals surface area (Å²) in [6, 6.07) is 15.2. The number of aryl methyl sites for hydroxylation is 1. The summed E-state index contributed by atoms with van der Waals surface area (Å²) < 4.78 is 7.16. The SMILES string of the molecule is C[C@H]1CCc2c(sc3nc(SCc4nc(-c5ccccn5)no4)n(-c4ccccc4)c(=O)c23)C1. The highest BCUT2D eigenvalue weighted by atomic mass is 32.2. The molecule has 0 saturated heterocycles. The molecule has 0 amide bonds. The van der Waals surface area contributed by atoms with E-state index in [2.05, 4.69) is 22.0 Å². The van der Waals surface area contributed by atoms with Crippen LogP contribution in [-0.4, -0.2) is 24.7 Å². The van der Waals surface area contributed by atoms with Gasteiger partial charge in [0.05, 0.1) is 16.8 Å². The van der Waals surface area contributed by atoms with Crippen molar-refractivity contribution >= 4 is 33.3 Å². The molecule has 1 aromatic carbocycles. The lowest BCUT2D eigenvalue weighted by atomic mass is 9.89.